The van der Waals surface area contributed by atoms with Crippen LogP contribution in [0.25, 0.3) is 0 Å². The fourth-order valence-electron chi connectivity index (χ4n) is 2.55. The zero-order chi connectivity index (χ0) is 23.9. The van der Waals surface area contributed by atoms with Crippen LogP contribution in [0.2, 0.25) is 0 Å². The third-order valence-corrected chi connectivity index (χ3v) is 6.26. The number of aliphatic hydroxyl groups is 4. The number of hydrogen-bond donors (Lipinski definition) is 4. The van der Waals surface area contributed by atoms with Crippen LogP contribution in [0.4, 0.5) is 0 Å². The molecule has 0 unspecified atom stereocenters. The van der Waals surface area contributed by atoms with Crippen LogP contribution in [0.15, 0.2) is 82.4 Å². The van der Waals surface area contributed by atoms with Crippen molar-refractivity contribution in [2.24, 2.45) is 10.8 Å². The molecular weight excluding hydrogens is 376 g/mol. The Hall–Kier alpha value is -2.30. The molecule has 0 aliphatic heterocycles. The van der Waals surface area contributed by atoms with Gasteiger partial charge >= 0.3 is 0 Å². The Labute approximate surface area is 182 Å². The van der Waals surface area contributed by atoms with Gasteiger partial charge in [-0.2, -0.15) is 0 Å². The van der Waals surface area contributed by atoms with Gasteiger partial charge in [0.25, 0.3) is 0 Å². The molecule has 0 bridgehead atoms. The van der Waals surface area contributed by atoms with Crippen LogP contribution in [0, 0.1) is 10.8 Å². The van der Waals surface area contributed by atoms with Gasteiger partial charge < -0.3 is 20.4 Å². The molecular formula is C26H40O4. The monoisotopic (exact) mass is 416 g/mol. The summed E-state index contributed by atoms with van der Waals surface area (Å²) in [5.41, 5.74) is 4.18. The topological polar surface area (TPSA) is 80.9 Å². The van der Waals surface area contributed by atoms with Crippen LogP contribution in [0.1, 0.15) is 55.4 Å². The summed E-state index contributed by atoms with van der Waals surface area (Å²) in [4.78, 5) is 0. The molecule has 0 heterocycles. The zero-order valence-electron chi connectivity index (χ0n) is 19.9. The summed E-state index contributed by atoms with van der Waals surface area (Å²) in [6.45, 7) is 23.0. The van der Waals surface area contributed by atoms with Crippen molar-refractivity contribution in [1.82, 2.24) is 0 Å². The Bertz CT molecular complexity index is 808. The van der Waals surface area contributed by atoms with Gasteiger partial charge in [-0.05, 0) is 39.3 Å². The Morgan fingerprint density at radius 1 is 0.733 bits per heavy atom. The molecule has 0 rings (SSSR count). The Kier molecular flexibility index (Phi) is 10.3. The third-order valence-electron chi connectivity index (χ3n) is 6.26. The molecule has 0 spiro atoms. The molecule has 30 heavy (non-hydrogen) atoms. The maximum Gasteiger partial charge on any atom is 0.113 e. The van der Waals surface area contributed by atoms with Gasteiger partial charge in [-0.15, -0.1) is 0 Å². The van der Waals surface area contributed by atoms with E-state index in [4.69, 9.17) is 0 Å². The molecule has 0 radical (unpaired) electrons. The molecule has 4 nitrogen and oxygen atoms in total. The first-order valence-corrected chi connectivity index (χ1v) is 10.1. The van der Waals surface area contributed by atoms with Gasteiger partial charge in [-0.25, -0.2) is 0 Å². The van der Waals surface area contributed by atoms with E-state index in [1.165, 1.54) is 0 Å². The second kappa shape index (κ2) is 11.2. The van der Waals surface area contributed by atoms with E-state index in [2.05, 4.69) is 46.1 Å². The molecule has 0 aromatic carbocycles. The molecule has 0 aromatic rings. The highest BCUT2D eigenvalue weighted by Crippen LogP contribution is 2.38. The molecule has 4 heteroatoms. The van der Waals surface area contributed by atoms with E-state index < -0.39 is 0 Å². The van der Waals surface area contributed by atoms with Gasteiger partial charge in [-0.1, -0.05) is 75.8 Å². The van der Waals surface area contributed by atoms with Crippen molar-refractivity contribution in [2.45, 2.75) is 55.4 Å². The normalized spacial score (nSPS) is 15.8. The number of allylic oxidation sites excluding steroid dienone is 8. The molecule has 0 atom stereocenters. The second-order valence-electron chi connectivity index (χ2n) is 8.85. The van der Waals surface area contributed by atoms with Gasteiger partial charge in [0.1, 0.15) is 5.76 Å². The lowest BCUT2D eigenvalue weighted by atomic mass is 9.75. The van der Waals surface area contributed by atoms with Gasteiger partial charge in [0, 0.05) is 22.0 Å². The van der Waals surface area contributed by atoms with Crippen LogP contribution >= 0.6 is 0 Å². The molecule has 0 saturated heterocycles. The van der Waals surface area contributed by atoms with E-state index in [1.54, 1.807) is 13.0 Å². The Morgan fingerprint density at radius 3 is 1.57 bits per heavy atom. The molecule has 168 valence electrons. The summed E-state index contributed by atoms with van der Waals surface area (Å²) in [5.74, 6) is -0.0450. The molecule has 4 N–H and O–H groups in total. The molecule has 0 amide bonds. The minimum atomic E-state index is -0.386. The average Bonchev–Trinajstić information content (AvgIpc) is 2.66. The first-order valence-electron chi connectivity index (χ1n) is 10.1. The Morgan fingerprint density at radius 2 is 1.20 bits per heavy atom. The van der Waals surface area contributed by atoms with Gasteiger partial charge in [-0.3, -0.25) is 0 Å². The third kappa shape index (κ3) is 7.19. The van der Waals surface area contributed by atoms with Gasteiger partial charge in [0.15, 0.2) is 0 Å². The van der Waals surface area contributed by atoms with E-state index in [0.717, 1.165) is 22.3 Å². The fraction of sp³-hybridized carbons (Fsp3) is 0.462. The van der Waals surface area contributed by atoms with E-state index in [9.17, 15) is 20.4 Å². The number of hydrogen-bond acceptors (Lipinski definition) is 4. The highest BCUT2D eigenvalue weighted by molar-refractivity contribution is 5.40. The summed E-state index contributed by atoms with van der Waals surface area (Å²) in [5, 5.41) is 38.1. The maximum absolute atomic E-state index is 9.70. The molecule has 0 saturated carbocycles. The van der Waals surface area contributed by atoms with E-state index in [-0.39, 0.29) is 35.6 Å². The standard InChI is InChI=1S/C26H40O4/c1-17(25(7,8)19(3)13-23(15-27)21(5)29)11-12-18(2)26(9,10)20(4)14-24(16-28)22(6)30/h11-14,27-30H,3,5,15-16H2,1-2,4,6-10H3/b17-11+,18-12+,20-14+,23-13-,24-22-. The second-order valence-corrected chi connectivity index (χ2v) is 8.85. The number of rotatable bonds is 10. The molecule has 0 aliphatic carbocycles. The predicted molar refractivity (Wildman–Crippen MR) is 127 cm³/mol. The largest absolute Gasteiger partial charge is 0.512 e. The SMILES string of the molecule is C=C(O)/C(=C\C(=C)C(C)(C)/C(C)=C/C=C(\C)C(C)(C)/C(C)=C/C(CO)=C(\C)O)CO. The van der Waals surface area contributed by atoms with Crippen molar-refractivity contribution < 1.29 is 20.4 Å². The van der Waals surface area contributed by atoms with Crippen LogP contribution in [0.3, 0.4) is 0 Å². The highest BCUT2D eigenvalue weighted by Gasteiger charge is 2.25. The van der Waals surface area contributed by atoms with Crippen molar-refractivity contribution >= 4 is 0 Å². The van der Waals surface area contributed by atoms with Crippen LogP contribution in [-0.4, -0.2) is 33.6 Å². The van der Waals surface area contributed by atoms with Crippen molar-refractivity contribution in [3.8, 4) is 0 Å². The van der Waals surface area contributed by atoms with Crippen molar-refractivity contribution in [1.29, 1.82) is 0 Å². The quantitative estimate of drug-likeness (QED) is 0.251. The first kappa shape index (κ1) is 27.7. The van der Waals surface area contributed by atoms with E-state index in [0.29, 0.717) is 11.1 Å². The van der Waals surface area contributed by atoms with Crippen molar-refractivity contribution in [3.63, 3.8) is 0 Å². The lowest BCUT2D eigenvalue weighted by Crippen LogP contribution is -2.17. The molecule has 0 aliphatic rings. The predicted octanol–water partition coefficient (Wildman–Crippen LogP) is 6.25. The van der Waals surface area contributed by atoms with E-state index in [1.807, 2.05) is 33.8 Å². The van der Waals surface area contributed by atoms with Crippen LogP contribution < -0.4 is 0 Å². The Balaban J connectivity index is 5.91. The lowest BCUT2D eigenvalue weighted by molar-refractivity contribution is 0.314. The summed E-state index contributed by atoms with van der Waals surface area (Å²) in [6.07, 6.45) is 7.62. The number of aliphatic hydroxyl groups excluding tert-OH is 4. The zero-order valence-corrected chi connectivity index (χ0v) is 19.9. The first-order chi connectivity index (χ1) is 13.6. The highest BCUT2D eigenvalue weighted by atomic mass is 16.3. The van der Waals surface area contributed by atoms with Gasteiger partial charge in [0.05, 0.1) is 19.0 Å². The van der Waals surface area contributed by atoms with Crippen LogP contribution in [0.5, 0.6) is 0 Å². The lowest BCUT2D eigenvalue weighted by Gasteiger charge is -2.29. The maximum atomic E-state index is 9.70. The van der Waals surface area contributed by atoms with E-state index >= 15 is 0 Å². The van der Waals surface area contributed by atoms with Gasteiger partial charge in [0.2, 0.25) is 0 Å². The summed E-state index contributed by atoms with van der Waals surface area (Å²) < 4.78 is 0. The molecule has 0 fully saturated rings. The minimum absolute atomic E-state index is 0.117. The van der Waals surface area contributed by atoms with Crippen molar-refractivity contribution in [3.05, 3.63) is 82.4 Å². The fourth-order valence-corrected chi connectivity index (χ4v) is 2.55. The summed E-state index contributed by atoms with van der Waals surface area (Å²) in [6, 6.07) is 0. The minimum Gasteiger partial charge on any atom is -0.512 e. The smallest absolute Gasteiger partial charge is 0.113 e. The molecule has 0 aromatic heterocycles. The average molecular weight is 417 g/mol. The summed E-state index contributed by atoms with van der Waals surface area (Å²) >= 11 is 0. The summed E-state index contributed by atoms with van der Waals surface area (Å²) in [7, 11) is 0. The van der Waals surface area contributed by atoms with Crippen LogP contribution in [-0.2, 0) is 0 Å². The van der Waals surface area contributed by atoms with Crippen molar-refractivity contribution in [2.75, 3.05) is 13.2 Å².